The van der Waals surface area contributed by atoms with Crippen molar-refractivity contribution < 1.29 is 0 Å². The fraction of sp³-hybridized carbons (Fsp3) is 0.333. The van der Waals surface area contributed by atoms with Gasteiger partial charge >= 0.3 is 0 Å². The highest BCUT2D eigenvalue weighted by molar-refractivity contribution is 7.13. The Labute approximate surface area is 151 Å². The Balaban J connectivity index is 1.51. The van der Waals surface area contributed by atoms with Crippen LogP contribution in [-0.2, 0) is 6.54 Å². The van der Waals surface area contributed by atoms with Gasteiger partial charge in [-0.1, -0.05) is 41.2 Å². The summed E-state index contributed by atoms with van der Waals surface area (Å²) in [5.41, 5.74) is 5.36. The van der Waals surface area contributed by atoms with Crippen molar-refractivity contribution in [2.45, 2.75) is 32.4 Å². The maximum atomic E-state index is 4.76. The molecule has 1 aromatic carbocycles. The summed E-state index contributed by atoms with van der Waals surface area (Å²) in [6, 6.07) is 9.03. The van der Waals surface area contributed by atoms with Crippen molar-refractivity contribution >= 4 is 22.3 Å². The number of likely N-dealkylation sites (tertiary alicyclic amines) is 1. The quantitative estimate of drug-likeness (QED) is 0.755. The highest BCUT2D eigenvalue weighted by atomic mass is 32.1. The molecule has 0 spiro atoms. The summed E-state index contributed by atoms with van der Waals surface area (Å²) in [7, 11) is 0. The van der Waals surface area contributed by atoms with Gasteiger partial charge < -0.3 is 5.32 Å². The molecular formula is C18H20N6S. The van der Waals surface area contributed by atoms with E-state index in [0.717, 1.165) is 36.2 Å². The molecule has 0 saturated carbocycles. The molecule has 4 rings (SSSR count). The Kier molecular flexibility index (Phi) is 4.67. The number of aromatic nitrogens is 4. The van der Waals surface area contributed by atoms with E-state index in [-0.39, 0.29) is 0 Å². The van der Waals surface area contributed by atoms with Crippen LogP contribution in [-0.4, -0.2) is 31.6 Å². The first-order valence-electron chi connectivity index (χ1n) is 8.43. The van der Waals surface area contributed by atoms with E-state index in [1.54, 1.807) is 11.7 Å². The number of aryl methyl sites for hydroxylation is 1. The Morgan fingerprint density at radius 1 is 1.32 bits per heavy atom. The van der Waals surface area contributed by atoms with E-state index in [9.17, 15) is 0 Å². The molecule has 1 aliphatic heterocycles. The van der Waals surface area contributed by atoms with Gasteiger partial charge in [-0.3, -0.25) is 9.88 Å². The maximum absolute atomic E-state index is 4.76. The zero-order valence-corrected chi connectivity index (χ0v) is 14.9. The number of hydrogen-bond donors (Lipinski definition) is 1. The molecule has 1 atom stereocenters. The van der Waals surface area contributed by atoms with Gasteiger partial charge in [-0.25, -0.2) is 4.98 Å². The number of nitrogens with zero attached hydrogens (tertiary/aromatic N) is 5. The normalized spacial score (nSPS) is 17.7. The van der Waals surface area contributed by atoms with Gasteiger partial charge in [-0.05, 0) is 31.9 Å². The van der Waals surface area contributed by atoms with Gasteiger partial charge in [-0.15, -0.1) is 10.2 Å². The van der Waals surface area contributed by atoms with Gasteiger partial charge in [0, 0.05) is 6.54 Å². The average Bonchev–Trinajstić information content (AvgIpc) is 3.27. The fourth-order valence-electron chi connectivity index (χ4n) is 3.33. The zero-order valence-electron chi connectivity index (χ0n) is 14.1. The zero-order chi connectivity index (χ0) is 17.1. The molecule has 2 aromatic heterocycles. The molecule has 6 nitrogen and oxygen atoms in total. The standard InChI is InChI=1S/C18H20N6S/c1-13-4-2-5-14(8-13)11-24-7-3-6-16(24)15-9-19-10-17(21-15)22-18-23-20-12-25-18/h2,4-5,8-10,12,16H,3,6-7,11H2,1H3,(H,21,22,23)/t16-/m0/s1. The van der Waals surface area contributed by atoms with E-state index in [4.69, 9.17) is 4.98 Å². The van der Waals surface area contributed by atoms with Crippen LogP contribution in [0.3, 0.4) is 0 Å². The number of nitrogens with one attached hydrogen (secondary N) is 1. The predicted molar refractivity (Wildman–Crippen MR) is 98.8 cm³/mol. The molecule has 1 aliphatic rings. The fourth-order valence-corrected chi connectivity index (χ4v) is 3.79. The van der Waals surface area contributed by atoms with Crippen molar-refractivity contribution in [3.63, 3.8) is 0 Å². The molecular weight excluding hydrogens is 332 g/mol. The monoisotopic (exact) mass is 352 g/mol. The second-order valence-corrected chi connectivity index (χ2v) is 7.15. The van der Waals surface area contributed by atoms with E-state index >= 15 is 0 Å². The molecule has 0 amide bonds. The number of anilines is 2. The lowest BCUT2D eigenvalue weighted by Crippen LogP contribution is -2.23. The molecule has 3 heterocycles. The van der Waals surface area contributed by atoms with Crippen molar-refractivity contribution in [2.75, 3.05) is 11.9 Å². The van der Waals surface area contributed by atoms with Gasteiger partial charge in [0.25, 0.3) is 0 Å². The lowest BCUT2D eigenvalue weighted by Gasteiger charge is -2.24. The summed E-state index contributed by atoms with van der Waals surface area (Å²) in [6.45, 7) is 4.18. The molecule has 128 valence electrons. The first-order valence-corrected chi connectivity index (χ1v) is 9.30. The Morgan fingerprint density at radius 3 is 3.12 bits per heavy atom. The van der Waals surface area contributed by atoms with Crippen LogP contribution in [0.4, 0.5) is 10.9 Å². The predicted octanol–water partition coefficient (Wildman–Crippen LogP) is 3.72. The average molecular weight is 352 g/mol. The molecule has 0 unspecified atom stereocenters. The summed E-state index contributed by atoms with van der Waals surface area (Å²) in [6.07, 6.45) is 5.91. The van der Waals surface area contributed by atoms with E-state index in [1.165, 1.54) is 28.9 Å². The summed E-state index contributed by atoms with van der Waals surface area (Å²) < 4.78 is 0. The van der Waals surface area contributed by atoms with Crippen molar-refractivity contribution in [1.29, 1.82) is 0 Å². The molecule has 0 bridgehead atoms. The van der Waals surface area contributed by atoms with E-state index < -0.39 is 0 Å². The van der Waals surface area contributed by atoms with E-state index in [0.29, 0.717) is 6.04 Å². The van der Waals surface area contributed by atoms with E-state index in [1.807, 2.05) is 6.20 Å². The second-order valence-electron chi connectivity index (χ2n) is 6.32. The van der Waals surface area contributed by atoms with Crippen LogP contribution in [0.15, 0.2) is 42.2 Å². The molecule has 0 aliphatic carbocycles. The van der Waals surface area contributed by atoms with Crippen LogP contribution >= 0.6 is 11.3 Å². The SMILES string of the molecule is Cc1cccc(CN2CCC[C@H]2c2cncc(Nc3nncs3)n2)c1. The van der Waals surface area contributed by atoms with Crippen LogP contribution in [0, 0.1) is 6.92 Å². The van der Waals surface area contributed by atoms with E-state index in [2.05, 4.69) is 56.6 Å². The molecule has 1 N–H and O–H groups in total. The molecule has 25 heavy (non-hydrogen) atoms. The van der Waals surface area contributed by atoms with Crippen LogP contribution in [0.2, 0.25) is 0 Å². The van der Waals surface area contributed by atoms with Crippen molar-refractivity contribution in [2.24, 2.45) is 0 Å². The third-order valence-electron chi connectivity index (χ3n) is 4.42. The minimum atomic E-state index is 0.309. The van der Waals surface area contributed by atoms with Crippen molar-refractivity contribution in [3.8, 4) is 0 Å². The molecule has 1 saturated heterocycles. The van der Waals surface area contributed by atoms with Crippen LogP contribution in [0.1, 0.15) is 35.7 Å². The summed E-state index contributed by atoms with van der Waals surface area (Å²) in [4.78, 5) is 11.6. The minimum absolute atomic E-state index is 0.309. The number of hydrogen-bond acceptors (Lipinski definition) is 7. The van der Waals surface area contributed by atoms with Crippen molar-refractivity contribution in [3.05, 3.63) is 59.0 Å². The first kappa shape index (κ1) is 16.1. The molecule has 1 fully saturated rings. The van der Waals surface area contributed by atoms with Gasteiger partial charge in [-0.2, -0.15) is 0 Å². The second kappa shape index (κ2) is 7.25. The summed E-state index contributed by atoms with van der Waals surface area (Å²) in [5, 5.41) is 11.7. The van der Waals surface area contributed by atoms with Gasteiger partial charge in [0.05, 0.1) is 24.1 Å². The minimum Gasteiger partial charge on any atom is -0.313 e. The lowest BCUT2D eigenvalue weighted by atomic mass is 10.1. The first-order chi connectivity index (χ1) is 12.3. The van der Waals surface area contributed by atoms with Gasteiger partial charge in [0.15, 0.2) is 5.82 Å². The summed E-state index contributed by atoms with van der Waals surface area (Å²) in [5.74, 6) is 0.719. The van der Waals surface area contributed by atoms with Crippen LogP contribution in [0.5, 0.6) is 0 Å². The van der Waals surface area contributed by atoms with Crippen LogP contribution in [0.25, 0.3) is 0 Å². The Bertz CT molecular complexity index is 835. The summed E-state index contributed by atoms with van der Waals surface area (Å²) >= 11 is 1.45. The smallest absolute Gasteiger partial charge is 0.211 e. The highest BCUT2D eigenvalue weighted by Gasteiger charge is 2.27. The topological polar surface area (TPSA) is 66.8 Å². The van der Waals surface area contributed by atoms with Crippen LogP contribution < -0.4 is 5.32 Å². The lowest BCUT2D eigenvalue weighted by molar-refractivity contribution is 0.244. The number of benzene rings is 1. The third-order valence-corrected chi connectivity index (χ3v) is 5.03. The van der Waals surface area contributed by atoms with Gasteiger partial charge in [0.2, 0.25) is 5.13 Å². The van der Waals surface area contributed by atoms with Gasteiger partial charge in [0.1, 0.15) is 5.51 Å². The molecule has 0 radical (unpaired) electrons. The molecule has 7 heteroatoms. The third kappa shape index (κ3) is 3.83. The highest BCUT2D eigenvalue weighted by Crippen LogP contribution is 2.32. The Hall–Kier alpha value is -2.38. The maximum Gasteiger partial charge on any atom is 0.211 e. The number of rotatable bonds is 5. The largest absolute Gasteiger partial charge is 0.313 e. The Morgan fingerprint density at radius 2 is 2.28 bits per heavy atom. The van der Waals surface area contributed by atoms with Crippen molar-refractivity contribution in [1.82, 2.24) is 25.1 Å². The molecule has 3 aromatic rings.